The van der Waals surface area contributed by atoms with Gasteiger partial charge in [-0.25, -0.2) is 4.98 Å². The Balaban J connectivity index is 1.74. The number of benzene rings is 1. The lowest BCUT2D eigenvalue weighted by Crippen LogP contribution is -2.38. The zero-order valence-corrected chi connectivity index (χ0v) is 11.8. The van der Waals surface area contributed by atoms with Crippen molar-refractivity contribution in [1.29, 1.82) is 0 Å². The Kier molecular flexibility index (Phi) is 3.02. The Labute approximate surface area is 125 Å². The first-order valence-electron chi connectivity index (χ1n) is 6.66. The third-order valence-electron chi connectivity index (χ3n) is 3.34. The van der Waals surface area contributed by atoms with E-state index in [0.29, 0.717) is 29.9 Å². The maximum absolute atomic E-state index is 6.32. The van der Waals surface area contributed by atoms with Crippen molar-refractivity contribution in [3.05, 3.63) is 41.4 Å². The van der Waals surface area contributed by atoms with Crippen LogP contribution in [-0.2, 0) is 4.74 Å². The summed E-state index contributed by atoms with van der Waals surface area (Å²) in [6, 6.07) is 12.1. The zero-order chi connectivity index (χ0) is 14.2. The van der Waals surface area contributed by atoms with Gasteiger partial charge in [-0.2, -0.15) is 4.98 Å². The van der Waals surface area contributed by atoms with Crippen molar-refractivity contribution in [3.8, 4) is 17.3 Å². The minimum atomic E-state index is 0.0645. The lowest BCUT2D eigenvalue weighted by molar-refractivity contribution is -0.0827. The fourth-order valence-electron chi connectivity index (χ4n) is 2.19. The first-order chi connectivity index (χ1) is 10.3. The van der Waals surface area contributed by atoms with E-state index in [1.54, 1.807) is 0 Å². The van der Waals surface area contributed by atoms with Crippen molar-refractivity contribution in [2.24, 2.45) is 0 Å². The Bertz CT molecular complexity index is 784. The molecule has 1 fully saturated rings. The van der Waals surface area contributed by atoms with Gasteiger partial charge < -0.3 is 14.5 Å². The molecule has 3 heterocycles. The molecular weight excluding hydrogens is 290 g/mol. The van der Waals surface area contributed by atoms with Gasteiger partial charge in [-0.3, -0.25) is 0 Å². The van der Waals surface area contributed by atoms with Gasteiger partial charge in [-0.1, -0.05) is 41.9 Å². The number of ether oxygens (including phenoxy) is 2. The predicted molar refractivity (Wildman–Crippen MR) is 79.6 cm³/mol. The molecule has 1 N–H and O–H groups in total. The quantitative estimate of drug-likeness (QED) is 0.807. The van der Waals surface area contributed by atoms with Crippen LogP contribution >= 0.6 is 11.6 Å². The van der Waals surface area contributed by atoms with Crippen LogP contribution < -0.4 is 4.74 Å². The monoisotopic (exact) mass is 301 g/mol. The van der Waals surface area contributed by atoms with Crippen molar-refractivity contribution in [3.63, 3.8) is 0 Å². The SMILES string of the molecule is Clc1cc2[nH]c(OC3COC3)nc2nc1-c1ccccc1. The van der Waals surface area contributed by atoms with Crippen LogP contribution in [0.5, 0.6) is 6.01 Å². The number of nitrogens with one attached hydrogen (secondary N) is 1. The van der Waals surface area contributed by atoms with Crippen molar-refractivity contribution in [1.82, 2.24) is 15.0 Å². The van der Waals surface area contributed by atoms with Crippen LogP contribution in [0.3, 0.4) is 0 Å². The number of H-pyrrole nitrogens is 1. The molecule has 6 heteroatoms. The van der Waals surface area contributed by atoms with Crippen LogP contribution in [0.4, 0.5) is 0 Å². The molecule has 0 bridgehead atoms. The first kappa shape index (κ1) is 12.6. The molecule has 0 amide bonds. The number of hydrogen-bond acceptors (Lipinski definition) is 4. The number of imidazole rings is 1. The molecule has 1 aliphatic rings. The summed E-state index contributed by atoms with van der Waals surface area (Å²) in [4.78, 5) is 12.0. The Morgan fingerprint density at radius 3 is 2.71 bits per heavy atom. The lowest BCUT2D eigenvalue weighted by Gasteiger charge is -2.24. The van der Waals surface area contributed by atoms with Gasteiger partial charge in [-0.05, 0) is 6.07 Å². The minimum absolute atomic E-state index is 0.0645. The van der Waals surface area contributed by atoms with Crippen LogP contribution in [-0.4, -0.2) is 34.3 Å². The van der Waals surface area contributed by atoms with E-state index < -0.39 is 0 Å². The van der Waals surface area contributed by atoms with E-state index in [0.717, 1.165) is 16.8 Å². The number of aromatic amines is 1. The Hall–Kier alpha value is -2.11. The molecule has 0 radical (unpaired) electrons. The molecule has 5 nitrogen and oxygen atoms in total. The van der Waals surface area contributed by atoms with Crippen LogP contribution in [0, 0.1) is 0 Å². The van der Waals surface area contributed by atoms with Gasteiger partial charge >= 0.3 is 0 Å². The Morgan fingerprint density at radius 1 is 1.19 bits per heavy atom. The summed E-state index contributed by atoms with van der Waals surface area (Å²) in [6.07, 6.45) is 0.0645. The molecule has 0 unspecified atom stereocenters. The second kappa shape index (κ2) is 5.02. The highest BCUT2D eigenvalue weighted by atomic mass is 35.5. The predicted octanol–water partition coefficient (Wildman–Crippen LogP) is 3.06. The third-order valence-corrected chi connectivity index (χ3v) is 3.63. The molecule has 4 rings (SSSR count). The van der Waals surface area contributed by atoms with E-state index in [1.165, 1.54) is 0 Å². The largest absolute Gasteiger partial charge is 0.457 e. The Morgan fingerprint density at radius 2 is 2.00 bits per heavy atom. The van der Waals surface area contributed by atoms with Gasteiger partial charge in [-0.15, -0.1) is 0 Å². The van der Waals surface area contributed by atoms with Gasteiger partial charge in [0.05, 0.1) is 29.4 Å². The number of aromatic nitrogens is 3. The summed E-state index contributed by atoms with van der Waals surface area (Å²) < 4.78 is 10.7. The summed E-state index contributed by atoms with van der Waals surface area (Å²) >= 11 is 6.32. The van der Waals surface area contributed by atoms with E-state index >= 15 is 0 Å². The standard InChI is InChI=1S/C15H12ClN3O2/c16-11-6-12-14(18-13(11)9-4-2-1-3-5-9)19-15(17-12)21-10-7-20-8-10/h1-6,10H,7-8H2,(H,17,18,19). The molecule has 0 saturated carbocycles. The summed E-state index contributed by atoms with van der Waals surface area (Å²) in [5.74, 6) is 0. The van der Waals surface area contributed by atoms with Gasteiger partial charge in [0, 0.05) is 5.56 Å². The van der Waals surface area contributed by atoms with Crippen molar-refractivity contribution in [2.75, 3.05) is 13.2 Å². The van der Waals surface area contributed by atoms with E-state index in [1.807, 2.05) is 36.4 Å². The molecule has 0 spiro atoms. The molecule has 2 aromatic heterocycles. The number of rotatable bonds is 3. The van der Waals surface area contributed by atoms with Gasteiger partial charge in [0.2, 0.25) is 0 Å². The van der Waals surface area contributed by atoms with Crippen LogP contribution in [0.1, 0.15) is 0 Å². The van der Waals surface area contributed by atoms with Gasteiger partial charge in [0.15, 0.2) is 5.65 Å². The minimum Gasteiger partial charge on any atom is -0.457 e. The van der Waals surface area contributed by atoms with E-state index in [4.69, 9.17) is 21.1 Å². The number of hydrogen-bond donors (Lipinski definition) is 1. The number of nitrogens with zero attached hydrogens (tertiary/aromatic N) is 2. The normalized spacial score (nSPS) is 15.1. The second-order valence-electron chi connectivity index (χ2n) is 4.88. The average molecular weight is 302 g/mol. The molecule has 21 heavy (non-hydrogen) atoms. The van der Waals surface area contributed by atoms with Gasteiger partial charge in [0.1, 0.15) is 6.10 Å². The summed E-state index contributed by atoms with van der Waals surface area (Å²) in [6.45, 7) is 1.20. The van der Waals surface area contributed by atoms with E-state index in [-0.39, 0.29) is 6.10 Å². The molecule has 106 valence electrons. The fraction of sp³-hybridized carbons (Fsp3) is 0.200. The summed E-state index contributed by atoms with van der Waals surface area (Å²) in [7, 11) is 0. The second-order valence-corrected chi connectivity index (χ2v) is 5.28. The molecule has 1 saturated heterocycles. The zero-order valence-electron chi connectivity index (χ0n) is 11.0. The van der Waals surface area contributed by atoms with Gasteiger partial charge in [0.25, 0.3) is 6.01 Å². The molecule has 0 atom stereocenters. The molecule has 1 aliphatic heterocycles. The molecule has 3 aromatic rings. The highest BCUT2D eigenvalue weighted by molar-refractivity contribution is 6.33. The number of fused-ring (bicyclic) bond motifs is 1. The number of pyridine rings is 1. The highest BCUT2D eigenvalue weighted by Gasteiger charge is 2.22. The molecular formula is C15H12ClN3O2. The maximum atomic E-state index is 6.32. The van der Waals surface area contributed by atoms with E-state index in [9.17, 15) is 0 Å². The van der Waals surface area contributed by atoms with Crippen LogP contribution in [0.2, 0.25) is 5.02 Å². The average Bonchev–Trinajstić information content (AvgIpc) is 2.84. The summed E-state index contributed by atoms with van der Waals surface area (Å²) in [5, 5.41) is 0.580. The topological polar surface area (TPSA) is 60.0 Å². The van der Waals surface area contributed by atoms with Crippen molar-refractivity contribution < 1.29 is 9.47 Å². The fourth-order valence-corrected chi connectivity index (χ4v) is 2.45. The summed E-state index contributed by atoms with van der Waals surface area (Å²) in [5.41, 5.74) is 3.03. The molecule has 1 aromatic carbocycles. The number of halogens is 1. The van der Waals surface area contributed by atoms with Crippen LogP contribution in [0.25, 0.3) is 22.4 Å². The highest BCUT2D eigenvalue weighted by Crippen LogP contribution is 2.29. The van der Waals surface area contributed by atoms with E-state index in [2.05, 4.69) is 15.0 Å². The molecule has 0 aliphatic carbocycles. The third kappa shape index (κ3) is 2.34. The van der Waals surface area contributed by atoms with Crippen LogP contribution in [0.15, 0.2) is 36.4 Å². The van der Waals surface area contributed by atoms with Crippen molar-refractivity contribution in [2.45, 2.75) is 6.10 Å². The maximum Gasteiger partial charge on any atom is 0.296 e. The van der Waals surface area contributed by atoms with Crippen molar-refractivity contribution >= 4 is 22.8 Å². The first-order valence-corrected chi connectivity index (χ1v) is 7.03. The smallest absolute Gasteiger partial charge is 0.296 e. The lowest BCUT2D eigenvalue weighted by atomic mass is 10.1.